The van der Waals surface area contributed by atoms with Crippen LogP contribution in [0.5, 0.6) is 0 Å². The fraction of sp³-hybridized carbons (Fsp3) is 0.333. The molecule has 6 rings (SSSR count). The zero-order valence-corrected chi connectivity index (χ0v) is 24.7. The number of esters is 4. The predicted molar refractivity (Wildman–Crippen MR) is 158 cm³/mol. The summed E-state index contributed by atoms with van der Waals surface area (Å²) < 4.78 is 29.6. The van der Waals surface area contributed by atoms with Gasteiger partial charge in [-0.25, -0.2) is 0 Å². The molecule has 0 radical (unpaired) electrons. The largest absolute Gasteiger partial charge is 0.463 e. The van der Waals surface area contributed by atoms with Crippen LogP contribution in [0.3, 0.4) is 0 Å². The van der Waals surface area contributed by atoms with Gasteiger partial charge >= 0.3 is 23.9 Å². The maximum Gasteiger partial charge on any atom is 0.303 e. The molecule has 1 fully saturated rings. The van der Waals surface area contributed by atoms with Crippen LogP contribution in [0.15, 0.2) is 43.4 Å². The Hall–Kier alpha value is -5.64. The highest BCUT2D eigenvalue weighted by Gasteiger charge is 2.53. The molecule has 2 aromatic carbocycles. The quantitative estimate of drug-likeness (QED) is 0.190. The van der Waals surface area contributed by atoms with E-state index in [0.29, 0.717) is 5.39 Å². The summed E-state index contributed by atoms with van der Waals surface area (Å²) in [5, 5.41) is -0.575. The highest BCUT2D eigenvalue weighted by molar-refractivity contribution is 6.31. The summed E-state index contributed by atoms with van der Waals surface area (Å²) in [6, 6.07) is 6.46. The first-order valence-electron chi connectivity index (χ1n) is 13.9. The standard InChI is InChI=1S/C30H25N3O13/c1-10(34)42-9-16-23(43-11(2)35)24(44-12(3)36)25(45-13(4)37)30(46-16)33-15-8-6-5-7-14(15)17-18-19(27(39)31-26(18)38)20-21(22(17)33)29(41)32-28(20)40/h5-8,16,23-25,30H,9H2,1-4H3,(H,31,38,39)(H,32,40,41)/t16-,23-,24+,25-,30-/m1/s1. The van der Waals surface area contributed by atoms with Crippen LogP contribution >= 0.6 is 0 Å². The molecule has 5 atom stereocenters. The lowest BCUT2D eigenvalue weighted by Gasteiger charge is -2.45. The minimum atomic E-state index is -1.59. The first kappa shape index (κ1) is 30.4. The van der Waals surface area contributed by atoms with Crippen molar-refractivity contribution in [2.24, 2.45) is 0 Å². The number of H-pyrrole nitrogens is 2. The van der Waals surface area contributed by atoms with Crippen LogP contribution in [-0.4, -0.2) is 69.4 Å². The maximum absolute atomic E-state index is 13.4. The lowest BCUT2D eigenvalue weighted by atomic mass is 9.96. The van der Waals surface area contributed by atoms with Crippen LogP contribution in [0.2, 0.25) is 0 Å². The van der Waals surface area contributed by atoms with Crippen LogP contribution in [0.1, 0.15) is 33.9 Å². The highest BCUT2D eigenvalue weighted by atomic mass is 16.7. The molecule has 5 aromatic rings. The number of nitrogens with one attached hydrogen (secondary N) is 2. The summed E-state index contributed by atoms with van der Waals surface area (Å²) in [5.74, 6) is -3.26. The number of carbonyl (C=O) groups is 4. The van der Waals surface area contributed by atoms with Crippen LogP contribution in [0.4, 0.5) is 0 Å². The highest BCUT2D eigenvalue weighted by Crippen LogP contribution is 2.43. The number of para-hydroxylation sites is 1. The van der Waals surface area contributed by atoms with Crippen molar-refractivity contribution in [2.45, 2.75) is 58.3 Å². The van der Waals surface area contributed by atoms with Gasteiger partial charge in [0.15, 0.2) is 24.5 Å². The zero-order chi connectivity index (χ0) is 33.2. The van der Waals surface area contributed by atoms with E-state index in [2.05, 4.69) is 9.97 Å². The number of aromatic nitrogens is 3. The molecule has 0 saturated carbocycles. The SMILES string of the molecule is CC(=O)OC[C@H]1O[C@@H](n2c3ccccc3c3c4c(=O)[nH]c(=O)c4c4c(=O)[nH]c(=O)c4c32)[C@H](OC(C)=O)[C@@H](OC(C)=O)[C@@H]1OC(C)=O. The summed E-state index contributed by atoms with van der Waals surface area (Å²) in [4.78, 5) is 106. The number of carbonyl (C=O) groups excluding carboxylic acids is 4. The van der Waals surface area contributed by atoms with Gasteiger partial charge in [0.25, 0.3) is 22.2 Å². The van der Waals surface area contributed by atoms with Crippen LogP contribution in [0, 0.1) is 0 Å². The van der Waals surface area contributed by atoms with Crippen molar-refractivity contribution in [3.63, 3.8) is 0 Å². The molecule has 0 unspecified atom stereocenters. The summed E-state index contributed by atoms with van der Waals surface area (Å²) in [6.07, 6.45) is -7.47. The molecule has 1 aliphatic heterocycles. The molecule has 1 aliphatic rings. The third-order valence-corrected chi connectivity index (χ3v) is 7.73. The predicted octanol–water partition coefficient (Wildman–Crippen LogP) is 0.329. The van der Waals surface area contributed by atoms with Gasteiger partial charge in [0.05, 0.1) is 32.6 Å². The second kappa shape index (κ2) is 11.1. The van der Waals surface area contributed by atoms with Crippen LogP contribution in [-0.2, 0) is 42.9 Å². The van der Waals surface area contributed by atoms with E-state index in [4.69, 9.17) is 23.7 Å². The van der Waals surface area contributed by atoms with Gasteiger partial charge in [-0.1, -0.05) is 18.2 Å². The number of rotatable bonds is 6. The number of fused-ring (bicyclic) bond motifs is 8. The smallest absolute Gasteiger partial charge is 0.303 e. The number of nitrogens with zero attached hydrogens (tertiary/aromatic N) is 1. The minimum Gasteiger partial charge on any atom is -0.463 e. The molecule has 4 heterocycles. The van der Waals surface area contributed by atoms with Crippen molar-refractivity contribution >= 4 is 67.2 Å². The Balaban J connectivity index is 1.76. The molecular formula is C30H25N3O13. The zero-order valence-electron chi connectivity index (χ0n) is 24.7. The van der Waals surface area contributed by atoms with E-state index in [1.165, 1.54) is 4.57 Å². The van der Waals surface area contributed by atoms with Gasteiger partial charge in [0.2, 0.25) is 0 Å². The van der Waals surface area contributed by atoms with E-state index in [0.717, 1.165) is 27.7 Å². The maximum atomic E-state index is 13.4. The first-order chi connectivity index (χ1) is 21.8. The van der Waals surface area contributed by atoms with Crippen molar-refractivity contribution in [3.8, 4) is 0 Å². The molecule has 0 aliphatic carbocycles. The third kappa shape index (κ3) is 4.73. The van der Waals surface area contributed by atoms with Gasteiger partial charge in [0.1, 0.15) is 12.7 Å². The first-order valence-corrected chi connectivity index (χ1v) is 13.9. The van der Waals surface area contributed by atoms with Crippen molar-refractivity contribution in [3.05, 3.63) is 65.7 Å². The topological polar surface area (TPSA) is 219 Å². The number of hydrogen-bond donors (Lipinski definition) is 2. The molecule has 46 heavy (non-hydrogen) atoms. The number of ether oxygens (including phenoxy) is 5. The Morgan fingerprint density at radius 1 is 0.674 bits per heavy atom. The molecule has 16 heteroatoms. The molecule has 238 valence electrons. The Bertz CT molecular complexity index is 2320. The lowest BCUT2D eigenvalue weighted by molar-refractivity contribution is -0.267. The molecule has 0 spiro atoms. The van der Waals surface area contributed by atoms with Gasteiger partial charge in [0, 0.05) is 38.5 Å². The molecule has 0 bridgehead atoms. The van der Waals surface area contributed by atoms with Gasteiger partial charge in [-0.2, -0.15) is 0 Å². The molecule has 0 amide bonds. The van der Waals surface area contributed by atoms with E-state index in [-0.39, 0.29) is 38.0 Å². The Labute approximate surface area is 255 Å². The van der Waals surface area contributed by atoms with E-state index >= 15 is 0 Å². The summed E-state index contributed by atoms with van der Waals surface area (Å²) >= 11 is 0. The summed E-state index contributed by atoms with van der Waals surface area (Å²) in [7, 11) is 0. The van der Waals surface area contributed by atoms with Crippen molar-refractivity contribution in [1.82, 2.24) is 14.5 Å². The fourth-order valence-corrected chi connectivity index (χ4v) is 6.29. The second-order valence-electron chi connectivity index (χ2n) is 10.8. The van der Waals surface area contributed by atoms with Crippen molar-refractivity contribution < 1.29 is 42.9 Å². The second-order valence-corrected chi connectivity index (χ2v) is 10.8. The Morgan fingerprint density at radius 3 is 1.76 bits per heavy atom. The Kier molecular flexibility index (Phi) is 7.31. The van der Waals surface area contributed by atoms with E-state index in [9.17, 15) is 38.4 Å². The minimum absolute atomic E-state index is 0.0379. The molecule has 3 aromatic heterocycles. The van der Waals surface area contributed by atoms with Crippen LogP contribution in [0.25, 0.3) is 43.4 Å². The van der Waals surface area contributed by atoms with Gasteiger partial charge in [-0.05, 0) is 6.07 Å². The van der Waals surface area contributed by atoms with Gasteiger partial charge < -0.3 is 28.3 Å². The molecule has 16 nitrogen and oxygen atoms in total. The normalized spacial score (nSPS) is 21.5. The number of aromatic amines is 2. The average molecular weight is 636 g/mol. The van der Waals surface area contributed by atoms with Crippen LogP contribution < -0.4 is 22.2 Å². The summed E-state index contributed by atoms with van der Waals surface area (Å²) in [5.41, 5.74) is -3.23. The van der Waals surface area contributed by atoms with Crippen molar-refractivity contribution in [1.29, 1.82) is 0 Å². The average Bonchev–Trinajstić information content (AvgIpc) is 3.56. The van der Waals surface area contributed by atoms with Gasteiger partial charge in [-0.15, -0.1) is 0 Å². The van der Waals surface area contributed by atoms with E-state index in [1.807, 2.05) is 0 Å². The van der Waals surface area contributed by atoms with Gasteiger partial charge in [-0.3, -0.25) is 48.3 Å². The molecular weight excluding hydrogens is 610 g/mol. The molecule has 1 saturated heterocycles. The lowest BCUT2D eigenvalue weighted by Crippen LogP contribution is -2.60. The Morgan fingerprint density at radius 2 is 1.17 bits per heavy atom. The third-order valence-electron chi connectivity index (χ3n) is 7.73. The molecule has 2 N–H and O–H groups in total. The number of hydrogen-bond acceptors (Lipinski definition) is 13. The van der Waals surface area contributed by atoms with E-state index in [1.54, 1.807) is 24.3 Å². The summed E-state index contributed by atoms with van der Waals surface area (Å²) in [6.45, 7) is 3.84. The van der Waals surface area contributed by atoms with E-state index < -0.39 is 83.4 Å². The number of benzene rings is 2. The monoisotopic (exact) mass is 635 g/mol. The fourth-order valence-electron chi connectivity index (χ4n) is 6.29. The van der Waals surface area contributed by atoms with Crippen molar-refractivity contribution in [2.75, 3.05) is 6.61 Å².